The Hall–Kier alpha value is -2.66. The zero-order valence-electron chi connectivity index (χ0n) is 15.4. The smallest absolute Gasteiger partial charge is 0.123 e. The summed E-state index contributed by atoms with van der Waals surface area (Å²) in [6.45, 7) is 3.97. The van der Waals surface area contributed by atoms with E-state index in [1.807, 2.05) is 29.2 Å². The van der Waals surface area contributed by atoms with Crippen molar-refractivity contribution in [1.29, 1.82) is 0 Å². The van der Waals surface area contributed by atoms with Crippen LogP contribution in [0.3, 0.4) is 0 Å². The molecule has 1 saturated heterocycles. The largest absolute Gasteiger partial charge is 0.371 e. The van der Waals surface area contributed by atoms with E-state index in [9.17, 15) is 4.39 Å². The highest BCUT2D eigenvalue weighted by Crippen LogP contribution is 2.25. The average Bonchev–Trinajstić information content (AvgIpc) is 3.22. The van der Waals surface area contributed by atoms with E-state index in [-0.39, 0.29) is 5.82 Å². The summed E-state index contributed by atoms with van der Waals surface area (Å²) in [5, 5.41) is 7.88. The Morgan fingerprint density at radius 1 is 1.00 bits per heavy atom. The van der Waals surface area contributed by atoms with E-state index < -0.39 is 0 Å². The lowest BCUT2D eigenvalue weighted by molar-refractivity contribution is 0.401. The molecular weight excluding hydrogens is 339 g/mol. The minimum atomic E-state index is -0.196. The van der Waals surface area contributed by atoms with Crippen molar-refractivity contribution in [2.75, 3.05) is 24.5 Å². The first-order valence-corrected chi connectivity index (χ1v) is 9.60. The van der Waals surface area contributed by atoms with Gasteiger partial charge in [-0.3, -0.25) is 4.68 Å². The minimum Gasteiger partial charge on any atom is -0.371 e. The Balaban J connectivity index is 1.28. The molecule has 0 amide bonds. The first kappa shape index (κ1) is 17.7. The maximum absolute atomic E-state index is 13.4. The summed E-state index contributed by atoms with van der Waals surface area (Å²) in [6, 6.07) is 17.7. The van der Waals surface area contributed by atoms with Crippen molar-refractivity contribution in [1.82, 2.24) is 15.1 Å². The molecule has 2 heterocycles. The van der Waals surface area contributed by atoms with Gasteiger partial charge in [0.1, 0.15) is 5.82 Å². The molecule has 1 N–H and O–H groups in total. The molecule has 0 aliphatic carbocycles. The average molecular weight is 364 g/mol. The molecule has 0 spiro atoms. The molecule has 2 aromatic carbocycles. The third kappa shape index (κ3) is 4.55. The van der Waals surface area contributed by atoms with E-state index in [4.69, 9.17) is 0 Å². The molecule has 1 aliphatic heterocycles. The van der Waals surface area contributed by atoms with E-state index in [0.717, 1.165) is 50.1 Å². The third-order valence-corrected chi connectivity index (χ3v) is 5.22. The molecule has 4 rings (SSSR count). The van der Waals surface area contributed by atoms with Crippen molar-refractivity contribution in [2.24, 2.45) is 0 Å². The molecule has 0 saturated carbocycles. The molecule has 0 unspecified atom stereocenters. The van der Waals surface area contributed by atoms with Crippen LogP contribution in [0.5, 0.6) is 0 Å². The zero-order chi connectivity index (χ0) is 18.5. The first-order valence-electron chi connectivity index (χ1n) is 9.60. The first-order chi connectivity index (χ1) is 13.3. The van der Waals surface area contributed by atoms with Gasteiger partial charge in [-0.05, 0) is 54.3 Å². The van der Waals surface area contributed by atoms with Gasteiger partial charge in [0.2, 0.25) is 0 Å². The number of benzene rings is 2. The maximum atomic E-state index is 13.4. The second-order valence-electron chi connectivity index (χ2n) is 7.04. The van der Waals surface area contributed by atoms with E-state index in [2.05, 4.69) is 39.6 Å². The third-order valence-electron chi connectivity index (χ3n) is 5.22. The normalized spacial score (nSPS) is 15.2. The number of anilines is 1. The van der Waals surface area contributed by atoms with Crippen LogP contribution < -0.4 is 10.2 Å². The molecular formula is C22H25FN4. The molecule has 1 fully saturated rings. The molecule has 27 heavy (non-hydrogen) atoms. The zero-order valence-corrected chi connectivity index (χ0v) is 15.4. The van der Waals surface area contributed by atoms with Gasteiger partial charge in [-0.2, -0.15) is 5.10 Å². The van der Waals surface area contributed by atoms with Gasteiger partial charge in [0.05, 0.1) is 6.54 Å². The minimum absolute atomic E-state index is 0.196. The van der Waals surface area contributed by atoms with Gasteiger partial charge in [-0.25, -0.2) is 4.39 Å². The summed E-state index contributed by atoms with van der Waals surface area (Å²) >= 11 is 0. The van der Waals surface area contributed by atoms with Gasteiger partial charge >= 0.3 is 0 Å². The van der Waals surface area contributed by atoms with Gasteiger partial charge < -0.3 is 10.2 Å². The molecule has 5 heteroatoms. The number of nitrogens with zero attached hydrogens (tertiary/aromatic N) is 3. The summed E-state index contributed by atoms with van der Waals surface area (Å²) in [5.41, 5.74) is 3.21. The number of rotatable bonds is 6. The highest BCUT2D eigenvalue weighted by atomic mass is 19.1. The van der Waals surface area contributed by atoms with Crippen LogP contribution in [0.1, 0.15) is 12.8 Å². The second-order valence-corrected chi connectivity index (χ2v) is 7.04. The molecule has 1 aromatic heterocycles. The second kappa shape index (κ2) is 8.35. The number of hydrogen-bond donors (Lipinski definition) is 1. The molecule has 0 atom stereocenters. The van der Waals surface area contributed by atoms with Crippen LogP contribution in [-0.2, 0) is 6.54 Å². The van der Waals surface area contributed by atoms with E-state index >= 15 is 0 Å². The number of aromatic nitrogens is 2. The Morgan fingerprint density at radius 3 is 2.52 bits per heavy atom. The lowest BCUT2D eigenvalue weighted by Crippen LogP contribution is -2.43. The Bertz CT molecular complexity index is 837. The van der Waals surface area contributed by atoms with Crippen LogP contribution in [0, 0.1) is 5.82 Å². The number of piperidine rings is 1. The predicted octanol–water partition coefficient (Wildman–Crippen LogP) is 3.95. The fourth-order valence-corrected chi connectivity index (χ4v) is 3.69. The standard InChI is InChI=1S/C22H25FN4/c23-20-4-1-3-19(17-20)18-5-7-22(8-6-18)26-14-9-21(10-15-26)24-12-16-27-13-2-11-25-27/h1-8,11,13,17,21,24H,9-10,12,14-16H2. The van der Waals surface area contributed by atoms with Crippen molar-refractivity contribution < 1.29 is 4.39 Å². The molecule has 4 nitrogen and oxygen atoms in total. The molecule has 0 radical (unpaired) electrons. The molecule has 0 bridgehead atoms. The quantitative estimate of drug-likeness (QED) is 0.719. The van der Waals surface area contributed by atoms with Crippen LogP contribution in [0.15, 0.2) is 67.0 Å². The SMILES string of the molecule is Fc1cccc(-c2ccc(N3CCC(NCCn4cccn4)CC3)cc2)c1. The Labute approximate surface area is 159 Å². The van der Waals surface area contributed by atoms with Crippen molar-refractivity contribution in [3.8, 4) is 11.1 Å². The van der Waals surface area contributed by atoms with Crippen LogP contribution in [0.2, 0.25) is 0 Å². The van der Waals surface area contributed by atoms with Crippen LogP contribution in [-0.4, -0.2) is 35.5 Å². The predicted molar refractivity (Wildman–Crippen MR) is 107 cm³/mol. The van der Waals surface area contributed by atoms with E-state index in [0.29, 0.717) is 6.04 Å². The number of hydrogen-bond acceptors (Lipinski definition) is 3. The summed E-state index contributed by atoms with van der Waals surface area (Å²) in [5.74, 6) is -0.196. The molecule has 140 valence electrons. The van der Waals surface area contributed by atoms with Crippen molar-refractivity contribution in [2.45, 2.75) is 25.4 Å². The van der Waals surface area contributed by atoms with Crippen LogP contribution in [0.4, 0.5) is 10.1 Å². The molecule has 1 aliphatic rings. The van der Waals surface area contributed by atoms with Crippen LogP contribution in [0.25, 0.3) is 11.1 Å². The summed E-state index contributed by atoms with van der Waals surface area (Å²) in [4.78, 5) is 2.43. The van der Waals surface area contributed by atoms with Gasteiger partial charge in [-0.15, -0.1) is 0 Å². The van der Waals surface area contributed by atoms with Gasteiger partial charge in [0, 0.05) is 43.8 Å². The maximum Gasteiger partial charge on any atom is 0.123 e. The topological polar surface area (TPSA) is 33.1 Å². The van der Waals surface area contributed by atoms with E-state index in [1.54, 1.807) is 12.1 Å². The Kier molecular flexibility index (Phi) is 5.49. The highest BCUT2D eigenvalue weighted by Gasteiger charge is 2.18. The van der Waals surface area contributed by atoms with Gasteiger partial charge in [0.25, 0.3) is 0 Å². The van der Waals surface area contributed by atoms with Crippen molar-refractivity contribution in [3.63, 3.8) is 0 Å². The van der Waals surface area contributed by atoms with Crippen LogP contribution >= 0.6 is 0 Å². The Morgan fingerprint density at radius 2 is 1.81 bits per heavy atom. The highest BCUT2D eigenvalue weighted by molar-refractivity contribution is 5.66. The lowest BCUT2D eigenvalue weighted by Gasteiger charge is -2.34. The monoisotopic (exact) mass is 364 g/mol. The molecule has 3 aromatic rings. The summed E-state index contributed by atoms with van der Waals surface area (Å²) < 4.78 is 15.4. The number of halogens is 1. The lowest BCUT2D eigenvalue weighted by atomic mass is 10.0. The van der Waals surface area contributed by atoms with Crippen molar-refractivity contribution >= 4 is 5.69 Å². The number of nitrogens with one attached hydrogen (secondary N) is 1. The van der Waals surface area contributed by atoms with Crippen molar-refractivity contribution in [3.05, 3.63) is 72.8 Å². The summed E-state index contributed by atoms with van der Waals surface area (Å²) in [7, 11) is 0. The fraction of sp³-hybridized carbons (Fsp3) is 0.318. The fourth-order valence-electron chi connectivity index (χ4n) is 3.69. The van der Waals surface area contributed by atoms with Gasteiger partial charge in [-0.1, -0.05) is 24.3 Å². The summed E-state index contributed by atoms with van der Waals surface area (Å²) in [6.07, 6.45) is 6.10. The van der Waals surface area contributed by atoms with E-state index in [1.165, 1.54) is 11.8 Å². The van der Waals surface area contributed by atoms with Gasteiger partial charge in [0.15, 0.2) is 0 Å².